The van der Waals surface area contributed by atoms with Gasteiger partial charge in [0.05, 0.1) is 9.82 Å². The number of carbonyl (C=O) groups excluding carboxylic acids is 1. The minimum absolute atomic E-state index is 0.114. The number of carbonyl (C=O) groups is 1. The predicted octanol–water partition coefficient (Wildman–Crippen LogP) is 2.15. The summed E-state index contributed by atoms with van der Waals surface area (Å²) in [6, 6.07) is 12.2. The number of nitrogens with one attached hydrogen (secondary N) is 1. The monoisotopic (exact) mass is 488 g/mol. The van der Waals surface area contributed by atoms with Crippen LogP contribution in [0, 0.1) is 10.1 Å². The molecule has 0 spiro atoms. The lowest BCUT2D eigenvalue weighted by molar-refractivity contribution is -0.385. The number of benzene rings is 2. The molecule has 11 nitrogen and oxygen atoms in total. The number of sulfonamides is 1. The summed E-state index contributed by atoms with van der Waals surface area (Å²) < 4.78 is 27.0. The van der Waals surface area contributed by atoms with Crippen molar-refractivity contribution in [3.05, 3.63) is 76.1 Å². The van der Waals surface area contributed by atoms with Crippen LogP contribution in [0.2, 0.25) is 0 Å². The molecule has 0 atom stereocenters. The maximum absolute atomic E-state index is 12.9. The first kappa shape index (κ1) is 22.9. The van der Waals surface area contributed by atoms with Crippen molar-refractivity contribution in [2.24, 2.45) is 0 Å². The summed E-state index contributed by atoms with van der Waals surface area (Å²) in [4.78, 5) is 28.7. The summed E-state index contributed by atoms with van der Waals surface area (Å²) in [7, 11) is -3.89. The van der Waals surface area contributed by atoms with E-state index in [0.717, 1.165) is 11.6 Å². The van der Waals surface area contributed by atoms with Crippen LogP contribution in [0.5, 0.6) is 0 Å². The van der Waals surface area contributed by atoms with E-state index in [1.807, 2.05) is 12.1 Å². The molecule has 3 aromatic rings. The number of hydrogen-bond donors (Lipinski definition) is 1. The predicted molar refractivity (Wildman–Crippen MR) is 120 cm³/mol. The second-order valence-electron chi connectivity index (χ2n) is 7.23. The molecule has 0 bridgehead atoms. The van der Waals surface area contributed by atoms with Crippen molar-refractivity contribution in [3.63, 3.8) is 0 Å². The highest BCUT2D eigenvalue weighted by Gasteiger charge is 2.31. The van der Waals surface area contributed by atoms with Crippen molar-refractivity contribution >= 4 is 33.4 Å². The highest BCUT2D eigenvalue weighted by molar-refractivity contribution is 7.98. The molecule has 33 heavy (non-hydrogen) atoms. The normalized spacial score (nSPS) is 14.8. The van der Waals surface area contributed by atoms with Crippen LogP contribution >= 0.6 is 11.8 Å². The SMILES string of the molecule is O=C(c1ccc(CSc2ncn[nH]2)cc1)N1CCN(S(=O)(=O)c2cccc([N+](=O)[O-])c2)CC1. The Morgan fingerprint density at radius 1 is 1.12 bits per heavy atom. The van der Waals surface area contributed by atoms with E-state index >= 15 is 0 Å². The van der Waals surface area contributed by atoms with Gasteiger partial charge in [-0.25, -0.2) is 13.4 Å². The van der Waals surface area contributed by atoms with E-state index in [-0.39, 0.29) is 42.7 Å². The zero-order chi connectivity index (χ0) is 23.4. The van der Waals surface area contributed by atoms with Gasteiger partial charge in [0.15, 0.2) is 5.16 Å². The van der Waals surface area contributed by atoms with Crippen LogP contribution in [0.3, 0.4) is 0 Å². The fraction of sp³-hybridized carbons (Fsp3) is 0.250. The molecule has 1 aliphatic heterocycles. The second-order valence-corrected chi connectivity index (χ2v) is 10.1. The average Bonchev–Trinajstić information content (AvgIpc) is 3.36. The topological polar surface area (TPSA) is 142 Å². The molecule has 0 radical (unpaired) electrons. The summed E-state index contributed by atoms with van der Waals surface area (Å²) >= 11 is 1.50. The standard InChI is InChI=1S/C20H20N6O5S2/c27-19(16-6-4-15(5-7-16)13-32-20-21-14-22-23-20)24-8-10-25(11-9-24)33(30,31)18-3-1-2-17(12-18)26(28)29/h1-7,12,14H,8-11,13H2,(H,21,22,23). The first-order valence-electron chi connectivity index (χ1n) is 9.95. The quantitative estimate of drug-likeness (QED) is 0.303. The number of H-pyrrole nitrogens is 1. The maximum atomic E-state index is 12.9. The van der Waals surface area contributed by atoms with E-state index < -0.39 is 14.9 Å². The van der Waals surface area contributed by atoms with Crippen molar-refractivity contribution < 1.29 is 18.1 Å². The molecule has 1 fully saturated rings. The van der Waals surface area contributed by atoms with E-state index in [2.05, 4.69) is 15.2 Å². The van der Waals surface area contributed by atoms with E-state index in [1.54, 1.807) is 17.0 Å². The van der Waals surface area contributed by atoms with Crippen molar-refractivity contribution in [1.82, 2.24) is 24.4 Å². The Hall–Kier alpha value is -3.29. The number of hydrogen-bond acceptors (Lipinski definition) is 8. The third kappa shape index (κ3) is 5.21. The van der Waals surface area contributed by atoms with E-state index in [9.17, 15) is 23.3 Å². The fourth-order valence-corrected chi connectivity index (χ4v) is 5.58. The number of piperazine rings is 1. The molecular weight excluding hydrogens is 468 g/mol. The van der Waals surface area contributed by atoms with Crippen molar-refractivity contribution in [2.75, 3.05) is 26.2 Å². The first-order chi connectivity index (χ1) is 15.8. The summed E-state index contributed by atoms with van der Waals surface area (Å²) in [6.07, 6.45) is 1.44. The highest BCUT2D eigenvalue weighted by atomic mass is 32.2. The molecule has 2 heterocycles. The molecule has 13 heteroatoms. The lowest BCUT2D eigenvalue weighted by Gasteiger charge is -2.34. The molecule has 0 saturated carbocycles. The lowest BCUT2D eigenvalue weighted by atomic mass is 10.1. The van der Waals surface area contributed by atoms with E-state index in [4.69, 9.17) is 0 Å². The van der Waals surface area contributed by atoms with Gasteiger partial charge in [0.1, 0.15) is 6.33 Å². The number of rotatable bonds is 7. The minimum atomic E-state index is -3.89. The summed E-state index contributed by atoms with van der Waals surface area (Å²) in [5.41, 5.74) is 1.27. The van der Waals surface area contributed by atoms with Crippen LogP contribution in [0.15, 0.2) is 64.9 Å². The molecule has 2 aromatic carbocycles. The van der Waals surface area contributed by atoms with E-state index in [1.165, 1.54) is 40.6 Å². The number of nitro benzene ring substituents is 1. The van der Waals surface area contributed by atoms with Gasteiger partial charge in [0, 0.05) is 49.6 Å². The zero-order valence-electron chi connectivity index (χ0n) is 17.3. The van der Waals surface area contributed by atoms with Gasteiger partial charge in [0.25, 0.3) is 11.6 Å². The number of thioether (sulfide) groups is 1. The third-order valence-corrected chi connectivity index (χ3v) is 8.00. The Morgan fingerprint density at radius 2 is 1.85 bits per heavy atom. The Labute approximate surface area is 194 Å². The molecule has 4 rings (SSSR count). The van der Waals surface area contributed by atoms with Gasteiger partial charge in [-0.05, 0) is 23.8 Å². The molecule has 1 aliphatic rings. The van der Waals surface area contributed by atoms with Gasteiger partial charge >= 0.3 is 0 Å². The molecule has 1 saturated heterocycles. The number of nitrogens with zero attached hydrogens (tertiary/aromatic N) is 5. The summed E-state index contributed by atoms with van der Waals surface area (Å²) in [5, 5.41) is 18.3. The smallest absolute Gasteiger partial charge is 0.270 e. The number of non-ortho nitro benzene ring substituents is 1. The molecule has 1 aromatic heterocycles. The van der Waals surface area contributed by atoms with Crippen LogP contribution in [-0.2, 0) is 15.8 Å². The van der Waals surface area contributed by atoms with Gasteiger partial charge in [-0.1, -0.05) is 30.0 Å². The van der Waals surface area contributed by atoms with Crippen molar-refractivity contribution in [1.29, 1.82) is 0 Å². The molecular formula is C20H20N6O5S2. The number of aromatic nitrogens is 3. The first-order valence-corrected chi connectivity index (χ1v) is 12.4. The van der Waals surface area contributed by atoms with Crippen LogP contribution in [0.25, 0.3) is 0 Å². The number of amides is 1. The zero-order valence-corrected chi connectivity index (χ0v) is 19.0. The van der Waals surface area contributed by atoms with Gasteiger partial charge < -0.3 is 4.90 Å². The fourth-order valence-electron chi connectivity index (χ4n) is 3.38. The van der Waals surface area contributed by atoms with Crippen LogP contribution in [0.4, 0.5) is 5.69 Å². The van der Waals surface area contributed by atoms with Gasteiger partial charge in [-0.2, -0.15) is 9.40 Å². The highest BCUT2D eigenvalue weighted by Crippen LogP contribution is 2.23. The number of nitro groups is 1. The van der Waals surface area contributed by atoms with Gasteiger partial charge in [-0.3, -0.25) is 20.0 Å². The van der Waals surface area contributed by atoms with Crippen LogP contribution in [0.1, 0.15) is 15.9 Å². The molecule has 0 unspecified atom stereocenters. The Kier molecular flexibility index (Phi) is 6.72. The molecule has 1 N–H and O–H groups in total. The molecule has 0 aliphatic carbocycles. The molecule has 1 amide bonds. The Bertz CT molecular complexity index is 1240. The van der Waals surface area contributed by atoms with E-state index in [0.29, 0.717) is 16.5 Å². The lowest BCUT2D eigenvalue weighted by Crippen LogP contribution is -2.50. The average molecular weight is 489 g/mol. The molecule has 172 valence electrons. The maximum Gasteiger partial charge on any atom is 0.270 e. The second kappa shape index (κ2) is 9.68. The largest absolute Gasteiger partial charge is 0.336 e. The minimum Gasteiger partial charge on any atom is -0.336 e. The Morgan fingerprint density at radius 3 is 2.48 bits per heavy atom. The Balaban J connectivity index is 1.35. The number of aromatic amines is 1. The van der Waals surface area contributed by atoms with Crippen molar-refractivity contribution in [3.8, 4) is 0 Å². The van der Waals surface area contributed by atoms with Crippen LogP contribution < -0.4 is 0 Å². The van der Waals surface area contributed by atoms with Crippen LogP contribution in [-0.4, -0.2) is 69.8 Å². The van der Waals surface area contributed by atoms with Gasteiger partial charge in [0.2, 0.25) is 10.0 Å². The summed E-state index contributed by atoms with van der Waals surface area (Å²) in [5.74, 6) is 0.509. The van der Waals surface area contributed by atoms with Crippen molar-refractivity contribution in [2.45, 2.75) is 15.8 Å². The van der Waals surface area contributed by atoms with Gasteiger partial charge in [-0.15, -0.1) is 0 Å². The summed E-state index contributed by atoms with van der Waals surface area (Å²) in [6.45, 7) is 0.692. The third-order valence-electron chi connectivity index (χ3n) is 5.16.